The Bertz CT molecular complexity index is 890. The molecule has 0 saturated carbocycles. The average Bonchev–Trinajstić information content (AvgIpc) is 3.18. The molecule has 28 heavy (non-hydrogen) atoms. The van der Waals surface area contributed by atoms with Gasteiger partial charge in [-0.15, -0.1) is 0 Å². The summed E-state index contributed by atoms with van der Waals surface area (Å²) in [7, 11) is 0. The molecule has 4 nitrogen and oxygen atoms in total. The highest BCUT2D eigenvalue weighted by Crippen LogP contribution is 2.22. The van der Waals surface area contributed by atoms with E-state index in [1.165, 1.54) is 16.7 Å². The van der Waals surface area contributed by atoms with E-state index in [4.69, 9.17) is 0 Å². The Morgan fingerprint density at radius 3 is 2.36 bits per heavy atom. The van der Waals surface area contributed by atoms with Gasteiger partial charge in [0.1, 0.15) is 0 Å². The van der Waals surface area contributed by atoms with Gasteiger partial charge in [-0.2, -0.15) is 5.10 Å². The lowest BCUT2D eigenvalue weighted by Gasteiger charge is -2.19. The number of hydrogen-bond donors (Lipinski definition) is 1. The minimum atomic E-state index is 0.0776. The summed E-state index contributed by atoms with van der Waals surface area (Å²) in [6.45, 7) is 7.87. The molecule has 0 fully saturated rings. The maximum Gasteiger partial charge on any atom is 0.220 e. The van der Waals surface area contributed by atoms with E-state index < -0.39 is 0 Å². The Balaban J connectivity index is 1.51. The molecule has 4 heteroatoms. The Hall–Kier alpha value is -2.88. The van der Waals surface area contributed by atoms with Crippen molar-refractivity contribution in [2.75, 3.05) is 0 Å². The van der Waals surface area contributed by atoms with Gasteiger partial charge in [-0.05, 0) is 40.2 Å². The van der Waals surface area contributed by atoms with Crippen LogP contribution in [0, 0.1) is 0 Å². The third kappa shape index (κ3) is 5.56. The number of amides is 1. The zero-order chi connectivity index (χ0) is 20.0. The molecular weight excluding hydrogens is 346 g/mol. The number of carbonyl (C=O) groups excluding carboxylic acids is 1. The van der Waals surface area contributed by atoms with Gasteiger partial charge in [0, 0.05) is 25.4 Å². The van der Waals surface area contributed by atoms with Crippen LogP contribution in [0.2, 0.25) is 0 Å². The van der Waals surface area contributed by atoms with Gasteiger partial charge in [0.25, 0.3) is 0 Å². The number of aromatic nitrogens is 2. The summed E-state index contributed by atoms with van der Waals surface area (Å²) in [5, 5.41) is 7.32. The van der Waals surface area contributed by atoms with Gasteiger partial charge in [-0.1, -0.05) is 69.3 Å². The SMILES string of the molecule is CC(C)(C)c1ccc(CCC(=O)NCc2ccccc2Cn2cccn2)cc1. The van der Waals surface area contributed by atoms with E-state index in [-0.39, 0.29) is 11.3 Å². The van der Waals surface area contributed by atoms with Crippen LogP contribution in [0.5, 0.6) is 0 Å². The highest BCUT2D eigenvalue weighted by molar-refractivity contribution is 5.76. The standard InChI is InChI=1S/C24H29N3O/c1-24(2,3)22-12-9-19(10-13-22)11-14-23(28)25-17-20-7-4-5-8-21(20)18-27-16-6-15-26-27/h4-10,12-13,15-16H,11,14,17-18H2,1-3H3,(H,25,28). The van der Waals surface area contributed by atoms with Crippen LogP contribution in [0.15, 0.2) is 67.0 Å². The van der Waals surface area contributed by atoms with Crippen molar-refractivity contribution in [1.29, 1.82) is 0 Å². The number of aryl methyl sites for hydroxylation is 1. The number of rotatable bonds is 7. The van der Waals surface area contributed by atoms with Crippen molar-refractivity contribution in [3.63, 3.8) is 0 Å². The van der Waals surface area contributed by atoms with Gasteiger partial charge in [-0.25, -0.2) is 0 Å². The zero-order valence-corrected chi connectivity index (χ0v) is 17.0. The molecule has 0 aliphatic heterocycles. The van der Waals surface area contributed by atoms with Gasteiger partial charge < -0.3 is 5.32 Å². The van der Waals surface area contributed by atoms with Gasteiger partial charge in [-0.3, -0.25) is 9.48 Å². The van der Waals surface area contributed by atoms with Gasteiger partial charge >= 0.3 is 0 Å². The van der Waals surface area contributed by atoms with E-state index in [2.05, 4.69) is 67.6 Å². The van der Waals surface area contributed by atoms with Crippen LogP contribution in [0.1, 0.15) is 49.4 Å². The molecule has 0 saturated heterocycles. The maximum absolute atomic E-state index is 12.3. The van der Waals surface area contributed by atoms with Crippen molar-refractivity contribution in [2.24, 2.45) is 0 Å². The summed E-state index contributed by atoms with van der Waals surface area (Å²) >= 11 is 0. The summed E-state index contributed by atoms with van der Waals surface area (Å²) in [4.78, 5) is 12.3. The number of hydrogen-bond acceptors (Lipinski definition) is 2. The Morgan fingerprint density at radius 2 is 1.71 bits per heavy atom. The van der Waals surface area contributed by atoms with Crippen LogP contribution in [-0.4, -0.2) is 15.7 Å². The molecule has 0 aliphatic rings. The van der Waals surface area contributed by atoms with Crippen molar-refractivity contribution in [3.05, 3.63) is 89.2 Å². The van der Waals surface area contributed by atoms with Crippen molar-refractivity contribution in [1.82, 2.24) is 15.1 Å². The van der Waals surface area contributed by atoms with Gasteiger partial charge in [0.05, 0.1) is 6.54 Å². The molecule has 1 amide bonds. The molecule has 2 aromatic carbocycles. The predicted octanol–water partition coefficient (Wildman–Crippen LogP) is 4.48. The van der Waals surface area contributed by atoms with Crippen LogP contribution in [0.4, 0.5) is 0 Å². The Kier molecular flexibility index (Phi) is 6.30. The van der Waals surface area contributed by atoms with Crippen molar-refractivity contribution in [3.8, 4) is 0 Å². The molecule has 1 aromatic heterocycles. The molecular formula is C24H29N3O. The molecule has 3 rings (SSSR count). The topological polar surface area (TPSA) is 46.9 Å². The van der Waals surface area contributed by atoms with E-state index in [0.717, 1.165) is 12.0 Å². The van der Waals surface area contributed by atoms with E-state index >= 15 is 0 Å². The predicted molar refractivity (Wildman–Crippen MR) is 113 cm³/mol. The largest absolute Gasteiger partial charge is 0.352 e. The summed E-state index contributed by atoms with van der Waals surface area (Å²) < 4.78 is 1.89. The van der Waals surface area contributed by atoms with Gasteiger partial charge in [0.2, 0.25) is 5.91 Å². The van der Waals surface area contributed by atoms with Crippen molar-refractivity contribution < 1.29 is 4.79 Å². The number of nitrogens with zero attached hydrogens (tertiary/aromatic N) is 2. The van der Waals surface area contributed by atoms with E-state index in [1.54, 1.807) is 6.20 Å². The maximum atomic E-state index is 12.3. The molecule has 1 heterocycles. The second-order valence-corrected chi connectivity index (χ2v) is 8.20. The van der Waals surface area contributed by atoms with E-state index in [1.807, 2.05) is 29.1 Å². The molecule has 0 spiro atoms. The molecule has 1 N–H and O–H groups in total. The van der Waals surface area contributed by atoms with Crippen LogP contribution in [0.25, 0.3) is 0 Å². The van der Waals surface area contributed by atoms with Crippen LogP contribution >= 0.6 is 0 Å². The lowest BCUT2D eigenvalue weighted by molar-refractivity contribution is -0.121. The highest BCUT2D eigenvalue weighted by atomic mass is 16.1. The minimum Gasteiger partial charge on any atom is -0.352 e. The smallest absolute Gasteiger partial charge is 0.220 e. The fourth-order valence-electron chi connectivity index (χ4n) is 3.16. The van der Waals surface area contributed by atoms with Crippen LogP contribution in [0.3, 0.4) is 0 Å². The first-order valence-corrected chi connectivity index (χ1v) is 9.82. The summed E-state index contributed by atoms with van der Waals surface area (Å²) in [5.41, 5.74) is 4.96. The molecule has 0 aliphatic carbocycles. The Morgan fingerprint density at radius 1 is 1.00 bits per heavy atom. The molecule has 0 atom stereocenters. The van der Waals surface area contributed by atoms with Crippen LogP contribution in [-0.2, 0) is 29.7 Å². The van der Waals surface area contributed by atoms with Crippen molar-refractivity contribution >= 4 is 5.91 Å². The van der Waals surface area contributed by atoms with Gasteiger partial charge in [0.15, 0.2) is 0 Å². The third-order valence-corrected chi connectivity index (χ3v) is 4.95. The summed E-state index contributed by atoms with van der Waals surface area (Å²) in [6, 6.07) is 18.7. The number of carbonyl (C=O) groups is 1. The molecule has 146 valence electrons. The monoisotopic (exact) mass is 375 g/mol. The molecule has 0 unspecified atom stereocenters. The average molecular weight is 376 g/mol. The van der Waals surface area contributed by atoms with E-state index in [0.29, 0.717) is 19.5 Å². The zero-order valence-electron chi connectivity index (χ0n) is 17.0. The highest BCUT2D eigenvalue weighted by Gasteiger charge is 2.13. The second kappa shape index (κ2) is 8.87. The normalized spacial score (nSPS) is 11.4. The number of benzene rings is 2. The quantitative estimate of drug-likeness (QED) is 0.662. The number of nitrogens with one attached hydrogen (secondary N) is 1. The van der Waals surface area contributed by atoms with E-state index in [9.17, 15) is 4.79 Å². The first kappa shape index (κ1) is 19.9. The lowest BCUT2D eigenvalue weighted by atomic mass is 9.86. The summed E-state index contributed by atoms with van der Waals surface area (Å²) in [6.07, 6.45) is 4.97. The fourth-order valence-corrected chi connectivity index (χ4v) is 3.16. The first-order valence-electron chi connectivity index (χ1n) is 9.82. The minimum absolute atomic E-state index is 0.0776. The fraction of sp³-hybridized carbons (Fsp3) is 0.333. The van der Waals surface area contributed by atoms with Crippen molar-refractivity contribution in [2.45, 2.75) is 52.1 Å². The first-order chi connectivity index (χ1) is 13.4. The van der Waals surface area contributed by atoms with Crippen LogP contribution < -0.4 is 5.32 Å². The third-order valence-electron chi connectivity index (χ3n) is 4.95. The lowest BCUT2D eigenvalue weighted by Crippen LogP contribution is -2.24. The molecule has 0 bridgehead atoms. The summed E-state index contributed by atoms with van der Waals surface area (Å²) in [5.74, 6) is 0.0776. The Labute approximate surface area is 167 Å². The molecule has 0 radical (unpaired) electrons. The second-order valence-electron chi connectivity index (χ2n) is 8.20. The molecule has 3 aromatic rings.